The molecule has 1 aliphatic heterocycles. The largest absolute Gasteiger partial charge is 0.456 e. The number of nitrogens with one attached hydrogen (secondary N) is 2. The fourth-order valence-electron chi connectivity index (χ4n) is 2.28. The highest BCUT2D eigenvalue weighted by atomic mass is 35.5. The van der Waals surface area contributed by atoms with E-state index in [2.05, 4.69) is 10.6 Å². The third-order valence-corrected chi connectivity index (χ3v) is 4.09. The predicted molar refractivity (Wildman–Crippen MR) is 83.4 cm³/mol. The lowest BCUT2D eigenvalue weighted by molar-refractivity contribution is -0.117. The standard InChI is InChI=1S/C15H12Cl2N2O2/c1-18-14-9-6-5-8(7-11(9)19-15(14)20)21-12-4-2-3-10(16)13(12)17/h2-7,14,18H,1H3,(H,19,20). The van der Waals surface area contributed by atoms with Crippen LogP contribution < -0.4 is 15.4 Å². The summed E-state index contributed by atoms with van der Waals surface area (Å²) in [5, 5.41) is 6.56. The van der Waals surface area contributed by atoms with Crippen LogP contribution in [-0.2, 0) is 4.79 Å². The molecule has 2 N–H and O–H groups in total. The number of benzene rings is 2. The lowest BCUT2D eigenvalue weighted by Gasteiger charge is -2.10. The molecule has 108 valence electrons. The minimum atomic E-state index is -0.330. The van der Waals surface area contributed by atoms with Crippen molar-refractivity contribution in [3.05, 3.63) is 52.0 Å². The van der Waals surface area contributed by atoms with Gasteiger partial charge in [0.25, 0.3) is 0 Å². The smallest absolute Gasteiger partial charge is 0.246 e. The van der Waals surface area contributed by atoms with Crippen LogP contribution in [0.15, 0.2) is 36.4 Å². The zero-order valence-corrected chi connectivity index (χ0v) is 12.6. The summed E-state index contributed by atoms with van der Waals surface area (Å²) in [4.78, 5) is 11.8. The van der Waals surface area contributed by atoms with Crippen molar-refractivity contribution in [1.82, 2.24) is 5.32 Å². The summed E-state index contributed by atoms with van der Waals surface area (Å²) < 4.78 is 5.73. The van der Waals surface area contributed by atoms with E-state index in [9.17, 15) is 4.79 Å². The van der Waals surface area contributed by atoms with E-state index in [0.717, 1.165) is 11.3 Å². The van der Waals surface area contributed by atoms with Crippen molar-refractivity contribution < 1.29 is 9.53 Å². The molecular formula is C15H12Cl2N2O2. The Hall–Kier alpha value is -1.75. The first-order valence-electron chi connectivity index (χ1n) is 6.34. The molecule has 0 spiro atoms. The van der Waals surface area contributed by atoms with E-state index in [0.29, 0.717) is 21.5 Å². The number of amides is 1. The van der Waals surface area contributed by atoms with E-state index < -0.39 is 0 Å². The van der Waals surface area contributed by atoms with Crippen LogP contribution in [-0.4, -0.2) is 13.0 Å². The van der Waals surface area contributed by atoms with Gasteiger partial charge in [0.1, 0.15) is 22.6 Å². The Morgan fingerprint density at radius 2 is 2.05 bits per heavy atom. The highest BCUT2D eigenvalue weighted by Crippen LogP contribution is 2.38. The van der Waals surface area contributed by atoms with Crippen molar-refractivity contribution in [2.45, 2.75) is 6.04 Å². The number of hydrogen-bond donors (Lipinski definition) is 2. The van der Waals surface area contributed by atoms with Crippen LogP contribution in [0.4, 0.5) is 5.69 Å². The average Bonchev–Trinajstić information content (AvgIpc) is 2.78. The first-order chi connectivity index (χ1) is 10.1. The van der Waals surface area contributed by atoms with Crippen LogP contribution in [0.1, 0.15) is 11.6 Å². The zero-order chi connectivity index (χ0) is 15.0. The molecule has 0 fully saturated rings. The van der Waals surface area contributed by atoms with Crippen molar-refractivity contribution in [3.8, 4) is 11.5 Å². The minimum Gasteiger partial charge on any atom is -0.456 e. The molecular weight excluding hydrogens is 311 g/mol. The van der Waals surface area contributed by atoms with Crippen LogP contribution in [0.25, 0.3) is 0 Å². The number of carbonyl (C=O) groups is 1. The van der Waals surface area contributed by atoms with Gasteiger partial charge in [0.05, 0.1) is 5.02 Å². The van der Waals surface area contributed by atoms with E-state index in [1.54, 1.807) is 37.4 Å². The third-order valence-electron chi connectivity index (χ3n) is 3.29. The number of anilines is 1. The zero-order valence-electron chi connectivity index (χ0n) is 11.1. The van der Waals surface area contributed by atoms with Crippen molar-refractivity contribution in [3.63, 3.8) is 0 Å². The van der Waals surface area contributed by atoms with Crippen LogP contribution in [0, 0.1) is 0 Å². The van der Waals surface area contributed by atoms with Gasteiger partial charge in [-0.05, 0) is 25.2 Å². The Balaban J connectivity index is 1.91. The summed E-state index contributed by atoms with van der Waals surface area (Å²) in [6.45, 7) is 0. The molecule has 3 rings (SSSR count). The Morgan fingerprint density at radius 1 is 1.24 bits per heavy atom. The normalized spacial score (nSPS) is 16.5. The second kappa shape index (κ2) is 5.56. The number of likely N-dealkylation sites (N-methyl/N-ethyl adjacent to an activating group) is 1. The molecule has 0 aromatic heterocycles. The second-order valence-corrected chi connectivity index (χ2v) is 5.40. The molecule has 1 amide bonds. The number of hydrogen-bond acceptors (Lipinski definition) is 3. The van der Waals surface area contributed by atoms with Gasteiger partial charge in [0.15, 0.2) is 0 Å². The fraction of sp³-hybridized carbons (Fsp3) is 0.133. The summed E-state index contributed by atoms with van der Waals surface area (Å²) in [5.74, 6) is 0.971. The SMILES string of the molecule is CNC1C(=O)Nc2cc(Oc3cccc(Cl)c3Cl)ccc21. The summed E-state index contributed by atoms with van der Waals surface area (Å²) in [6.07, 6.45) is 0. The fourth-order valence-corrected chi connectivity index (χ4v) is 2.61. The maximum absolute atomic E-state index is 11.8. The maximum atomic E-state index is 11.8. The summed E-state index contributed by atoms with van der Waals surface area (Å²) in [7, 11) is 1.75. The van der Waals surface area contributed by atoms with Gasteiger partial charge in [-0.15, -0.1) is 0 Å². The number of halogens is 2. The number of rotatable bonds is 3. The molecule has 1 aliphatic rings. The molecule has 1 unspecified atom stereocenters. The quantitative estimate of drug-likeness (QED) is 0.898. The summed E-state index contributed by atoms with van der Waals surface area (Å²) >= 11 is 12.0. The van der Waals surface area contributed by atoms with Crippen molar-refractivity contribution in [2.24, 2.45) is 0 Å². The van der Waals surface area contributed by atoms with E-state index in [-0.39, 0.29) is 11.9 Å². The summed E-state index contributed by atoms with van der Waals surface area (Å²) in [5.41, 5.74) is 1.63. The number of carbonyl (C=O) groups excluding carboxylic acids is 1. The Labute approximate surface area is 132 Å². The maximum Gasteiger partial charge on any atom is 0.246 e. The molecule has 0 aliphatic carbocycles. The molecule has 1 heterocycles. The van der Waals surface area contributed by atoms with Crippen LogP contribution >= 0.6 is 23.2 Å². The first kappa shape index (κ1) is 14.2. The number of ether oxygens (including phenoxy) is 1. The van der Waals surface area contributed by atoms with E-state index >= 15 is 0 Å². The van der Waals surface area contributed by atoms with Crippen LogP contribution in [0.2, 0.25) is 10.0 Å². The lowest BCUT2D eigenvalue weighted by atomic mass is 10.1. The molecule has 1 atom stereocenters. The molecule has 21 heavy (non-hydrogen) atoms. The predicted octanol–water partition coefficient (Wildman–Crippen LogP) is 4.00. The second-order valence-electron chi connectivity index (χ2n) is 4.61. The molecule has 2 aromatic rings. The molecule has 0 radical (unpaired) electrons. The van der Waals surface area contributed by atoms with E-state index in [1.807, 2.05) is 6.07 Å². The topological polar surface area (TPSA) is 50.4 Å². The molecule has 2 aromatic carbocycles. The Kier molecular flexibility index (Phi) is 3.76. The van der Waals surface area contributed by atoms with Crippen molar-refractivity contribution >= 4 is 34.8 Å². The Morgan fingerprint density at radius 3 is 2.81 bits per heavy atom. The first-order valence-corrected chi connectivity index (χ1v) is 7.09. The monoisotopic (exact) mass is 322 g/mol. The summed E-state index contributed by atoms with van der Waals surface area (Å²) in [6, 6.07) is 10.3. The van der Waals surface area contributed by atoms with Gasteiger partial charge >= 0.3 is 0 Å². The van der Waals surface area contributed by atoms with Gasteiger partial charge in [0, 0.05) is 17.3 Å². The van der Waals surface area contributed by atoms with Crippen LogP contribution in [0.3, 0.4) is 0 Å². The molecule has 4 nitrogen and oxygen atoms in total. The van der Waals surface area contributed by atoms with E-state index in [4.69, 9.17) is 27.9 Å². The van der Waals surface area contributed by atoms with Gasteiger partial charge in [0.2, 0.25) is 5.91 Å². The van der Waals surface area contributed by atoms with Gasteiger partial charge in [-0.1, -0.05) is 35.3 Å². The van der Waals surface area contributed by atoms with Crippen molar-refractivity contribution in [1.29, 1.82) is 0 Å². The van der Waals surface area contributed by atoms with Gasteiger partial charge in [-0.3, -0.25) is 4.79 Å². The van der Waals surface area contributed by atoms with Gasteiger partial charge < -0.3 is 15.4 Å². The highest BCUT2D eigenvalue weighted by Gasteiger charge is 2.29. The minimum absolute atomic E-state index is 0.0783. The van der Waals surface area contributed by atoms with Gasteiger partial charge in [-0.2, -0.15) is 0 Å². The van der Waals surface area contributed by atoms with Gasteiger partial charge in [-0.25, -0.2) is 0 Å². The van der Waals surface area contributed by atoms with Crippen molar-refractivity contribution in [2.75, 3.05) is 12.4 Å². The highest BCUT2D eigenvalue weighted by molar-refractivity contribution is 6.42. The number of fused-ring (bicyclic) bond motifs is 1. The Bertz CT molecular complexity index is 719. The molecule has 0 bridgehead atoms. The average molecular weight is 323 g/mol. The third kappa shape index (κ3) is 2.58. The lowest BCUT2D eigenvalue weighted by Crippen LogP contribution is -2.23. The van der Waals surface area contributed by atoms with E-state index in [1.165, 1.54) is 0 Å². The molecule has 0 saturated heterocycles. The van der Waals surface area contributed by atoms with Crippen LogP contribution in [0.5, 0.6) is 11.5 Å². The molecule has 6 heteroatoms. The molecule has 0 saturated carbocycles.